The van der Waals surface area contributed by atoms with E-state index in [1.54, 1.807) is 11.3 Å². The van der Waals surface area contributed by atoms with E-state index in [-0.39, 0.29) is 0 Å². The first-order chi connectivity index (χ1) is 7.69. The highest BCUT2D eigenvalue weighted by molar-refractivity contribution is 7.07. The molecule has 0 aliphatic carbocycles. The Labute approximate surface area is 98.2 Å². The average Bonchev–Trinajstić information content (AvgIpc) is 2.81. The van der Waals surface area contributed by atoms with Gasteiger partial charge in [0.2, 0.25) is 0 Å². The third-order valence-electron chi connectivity index (χ3n) is 2.27. The van der Waals surface area contributed by atoms with Crippen LogP contribution in [0.5, 0.6) is 0 Å². The minimum Gasteiger partial charge on any atom is -0.468 e. The summed E-state index contributed by atoms with van der Waals surface area (Å²) >= 11 is 1.59. The van der Waals surface area contributed by atoms with Crippen LogP contribution in [0.2, 0.25) is 0 Å². The summed E-state index contributed by atoms with van der Waals surface area (Å²) in [6, 6.07) is 1.97. The predicted molar refractivity (Wildman–Crippen MR) is 60.2 cm³/mol. The topological polar surface area (TPSA) is 52.6 Å². The van der Waals surface area contributed by atoms with Gasteiger partial charge in [0, 0.05) is 0 Å². The van der Waals surface area contributed by atoms with Crippen molar-refractivity contribution in [2.45, 2.75) is 12.8 Å². The molecule has 1 aromatic rings. The van der Waals surface area contributed by atoms with Gasteiger partial charge in [-0.3, -0.25) is 9.59 Å². The Hall–Kier alpha value is -1.36. The molecule has 0 saturated heterocycles. The molecule has 0 aliphatic heterocycles. The van der Waals surface area contributed by atoms with Gasteiger partial charge in [0.15, 0.2) is 5.92 Å². The minimum atomic E-state index is -0.824. The standard InChI is InChI=1S/C11H14O4S/c1-14-10(12)9(11(13)15-2)4-3-8-5-6-16-7-8/h5-7,9H,3-4H2,1-2H3. The SMILES string of the molecule is COC(=O)C(CCc1ccsc1)C(=O)OC. The first-order valence-corrected chi connectivity index (χ1v) is 5.80. The summed E-state index contributed by atoms with van der Waals surface area (Å²) in [5.74, 6) is -1.90. The number of ether oxygens (including phenoxy) is 2. The maximum Gasteiger partial charge on any atom is 0.320 e. The van der Waals surface area contributed by atoms with Crippen LogP contribution in [0.25, 0.3) is 0 Å². The van der Waals surface area contributed by atoms with Crippen LogP contribution in [0, 0.1) is 5.92 Å². The number of hydrogen-bond donors (Lipinski definition) is 0. The summed E-state index contributed by atoms with van der Waals surface area (Å²) in [5.41, 5.74) is 1.11. The van der Waals surface area contributed by atoms with Crippen LogP contribution in [-0.2, 0) is 25.5 Å². The lowest BCUT2D eigenvalue weighted by Gasteiger charge is -2.11. The average molecular weight is 242 g/mol. The quantitative estimate of drug-likeness (QED) is 0.582. The number of carbonyl (C=O) groups is 2. The Morgan fingerprint density at radius 3 is 2.38 bits per heavy atom. The van der Waals surface area contributed by atoms with Crippen LogP contribution in [0.4, 0.5) is 0 Å². The number of aryl methyl sites for hydroxylation is 1. The van der Waals surface area contributed by atoms with Gasteiger partial charge in [-0.15, -0.1) is 0 Å². The fourth-order valence-corrected chi connectivity index (χ4v) is 2.07. The van der Waals surface area contributed by atoms with Crippen molar-refractivity contribution in [3.05, 3.63) is 22.4 Å². The number of esters is 2. The van der Waals surface area contributed by atoms with Crippen LogP contribution in [0.3, 0.4) is 0 Å². The van der Waals surface area contributed by atoms with Gasteiger partial charge < -0.3 is 9.47 Å². The summed E-state index contributed by atoms with van der Waals surface area (Å²) in [6.07, 6.45) is 1.08. The number of rotatable bonds is 5. The normalized spacial score (nSPS) is 10.2. The van der Waals surface area contributed by atoms with E-state index >= 15 is 0 Å². The summed E-state index contributed by atoms with van der Waals surface area (Å²) in [6.45, 7) is 0. The molecule has 0 N–H and O–H groups in total. The maximum atomic E-state index is 11.4. The molecule has 0 spiro atoms. The molecule has 16 heavy (non-hydrogen) atoms. The second kappa shape index (κ2) is 6.27. The number of thiophene rings is 1. The van der Waals surface area contributed by atoms with Crippen LogP contribution >= 0.6 is 11.3 Å². The Balaban J connectivity index is 2.57. The van der Waals surface area contributed by atoms with Gasteiger partial charge in [-0.2, -0.15) is 11.3 Å². The molecule has 0 aromatic carbocycles. The van der Waals surface area contributed by atoms with E-state index in [2.05, 4.69) is 9.47 Å². The lowest BCUT2D eigenvalue weighted by molar-refractivity contribution is -0.159. The Kier molecular flexibility index (Phi) is 4.98. The van der Waals surface area contributed by atoms with Gasteiger partial charge in [0.25, 0.3) is 0 Å². The molecule has 1 aromatic heterocycles. The van der Waals surface area contributed by atoms with Crippen molar-refractivity contribution in [1.82, 2.24) is 0 Å². The number of carbonyl (C=O) groups excluding carboxylic acids is 2. The minimum absolute atomic E-state index is 0.413. The van der Waals surface area contributed by atoms with E-state index < -0.39 is 17.9 Å². The molecule has 0 atom stereocenters. The molecular formula is C11H14O4S. The lowest BCUT2D eigenvalue weighted by Crippen LogP contribution is -2.26. The molecule has 0 saturated carbocycles. The molecule has 4 nitrogen and oxygen atoms in total. The Morgan fingerprint density at radius 1 is 1.31 bits per heavy atom. The van der Waals surface area contributed by atoms with Crippen LogP contribution < -0.4 is 0 Å². The van der Waals surface area contributed by atoms with Crippen molar-refractivity contribution >= 4 is 23.3 Å². The van der Waals surface area contributed by atoms with Crippen LogP contribution in [0.15, 0.2) is 16.8 Å². The zero-order valence-corrected chi connectivity index (χ0v) is 10.1. The second-order valence-corrected chi connectivity index (χ2v) is 4.05. The molecule has 1 heterocycles. The first-order valence-electron chi connectivity index (χ1n) is 4.85. The fraction of sp³-hybridized carbons (Fsp3) is 0.455. The van der Waals surface area contributed by atoms with Gasteiger partial charge in [0.05, 0.1) is 14.2 Å². The smallest absolute Gasteiger partial charge is 0.320 e. The highest BCUT2D eigenvalue weighted by atomic mass is 32.1. The summed E-state index contributed by atoms with van der Waals surface area (Å²) in [7, 11) is 2.53. The summed E-state index contributed by atoms with van der Waals surface area (Å²) in [5, 5.41) is 3.95. The third kappa shape index (κ3) is 3.34. The lowest BCUT2D eigenvalue weighted by atomic mass is 10.0. The van der Waals surface area contributed by atoms with E-state index in [0.717, 1.165) is 5.56 Å². The van der Waals surface area contributed by atoms with Gasteiger partial charge in [-0.05, 0) is 35.2 Å². The molecule has 1 rings (SSSR count). The second-order valence-electron chi connectivity index (χ2n) is 3.27. The van der Waals surface area contributed by atoms with E-state index in [1.165, 1.54) is 14.2 Å². The first kappa shape index (κ1) is 12.7. The zero-order chi connectivity index (χ0) is 12.0. The molecule has 0 aliphatic rings. The molecule has 0 amide bonds. The van der Waals surface area contributed by atoms with E-state index in [0.29, 0.717) is 12.8 Å². The van der Waals surface area contributed by atoms with E-state index in [9.17, 15) is 9.59 Å². The van der Waals surface area contributed by atoms with E-state index in [4.69, 9.17) is 0 Å². The number of methoxy groups -OCH3 is 2. The Bertz CT molecular complexity index is 329. The molecule has 0 bridgehead atoms. The molecule has 0 fully saturated rings. The highest BCUT2D eigenvalue weighted by Gasteiger charge is 2.28. The van der Waals surface area contributed by atoms with Gasteiger partial charge >= 0.3 is 11.9 Å². The summed E-state index contributed by atoms with van der Waals surface area (Å²) < 4.78 is 9.14. The van der Waals surface area contributed by atoms with Crippen molar-refractivity contribution in [1.29, 1.82) is 0 Å². The molecule has 0 radical (unpaired) electrons. The van der Waals surface area contributed by atoms with Crippen LogP contribution in [0.1, 0.15) is 12.0 Å². The predicted octanol–water partition coefficient (Wildman–Crippen LogP) is 1.64. The molecule has 0 unspecified atom stereocenters. The zero-order valence-electron chi connectivity index (χ0n) is 9.26. The maximum absolute atomic E-state index is 11.4. The summed E-state index contributed by atoms with van der Waals surface area (Å²) in [4.78, 5) is 22.7. The van der Waals surface area contributed by atoms with Crippen molar-refractivity contribution < 1.29 is 19.1 Å². The number of hydrogen-bond acceptors (Lipinski definition) is 5. The van der Waals surface area contributed by atoms with Gasteiger partial charge in [-0.1, -0.05) is 0 Å². The van der Waals surface area contributed by atoms with Crippen molar-refractivity contribution in [3.8, 4) is 0 Å². The monoisotopic (exact) mass is 242 g/mol. The third-order valence-corrected chi connectivity index (χ3v) is 3.01. The van der Waals surface area contributed by atoms with Gasteiger partial charge in [0.1, 0.15) is 0 Å². The highest BCUT2D eigenvalue weighted by Crippen LogP contribution is 2.15. The van der Waals surface area contributed by atoms with Crippen LogP contribution in [-0.4, -0.2) is 26.2 Å². The van der Waals surface area contributed by atoms with Gasteiger partial charge in [-0.25, -0.2) is 0 Å². The van der Waals surface area contributed by atoms with Crippen molar-refractivity contribution in [2.75, 3.05) is 14.2 Å². The largest absolute Gasteiger partial charge is 0.468 e. The fourth-order valence-electron chi connectivity index (χ4n) is 1.36. The molecular weight excluding hydrogens is 228 g/mol. The van der Waals surface area contributed by atoms with E-state index in [1.807, 2.05) is 16.8 Å². The molecule has 88 valence electrons. The Morgan fingerprint density at radius 2 is 1.94 bits per heavy atom. The van der Waals surface area contributed by atoms with Crippen molar-refractivity contribution in [2.24, 2.45) is 5.92 Å². The molecule has 5 heteroatoms. The van der Waals surface area contributed by atoms with Crippen molar-refractivity contribution in [3.63, 3.8) is 0 Å².